The van der Waals surface area contributed by atoms with Gasteiger partial charge in [0.05, 0.1) is 52.4 Å². The third kappa shape index (κ3) is 6.69. The monoisotopic (exact) mass is 520 g/mol. The fraction of sp³-hybridized carbons (Fsp3) is 1.00. The first kappa shape index (κ1) is 25.1. The fourth-order valence-electron chi connectivity index (χ4n) is 6.90. The average molecular weight is 522 g/mol. The van der Waals surface area contributed by atoms with Crippen molar-refractivity contribution in [3.63, 3.8) is 0 Å². The van der Waals surface area contributed by atoms with E-state index in [9.17, 15) is 0 Å². The summed E-state index contributed by atoms with van der Waals surface area (Å²) in [5.74, 6) is 2.23. The molecule has 2 nitrogen and oxygen atoms in total. The highest BCUT2D eigenvalue weighted by Crippen LogP contribution is 2.34. The largest absolute Gasteiger partial charge is 1.00 e. The maximum atomic E-state index is 1.54. The predicted octanol–water partition coefficient (Wildman–Crippen LogP) is -0.624. The Bertz CT molecular complexity index is 359. The summed E-state index contributed by atoms with van der Waals surface area (Å²) in [4.78, 5) is 0. The summed E-state index contributed by atoms with van der Waals surface area (Å²) in [5, 5.41) is 0. The summed E-state index contributed by atoms with van der Waals surface area (Å²) in [6.45, 7) is 12.1. The van der Waals surface area contributed by atoms with E-state index in [1.54, 1.807) is 38.5 Å². The second kappa shape index (κ2) is 12.1. The third-order valence-corrected chi connectivity index (χ3v) is 9.09. The van der Waals surface area contributed by atoms with Gasteiger partial charge < -0.3 is 42.9 Å². The van der Waals surface area contributed by atoms with Crippen LogP contribution in [0.2, 0.25) is 0 Å². The Kier molecular flexibility index (Phi) is 10.8. The molecule has 166 valence electrons. The van der Waals surface area contributed by atoms with Gasteiger partial charge in [-0.2, -0.15) is 0 Å². The first-order chi connectivity index (χ1) is 12.8. The molecule has 0 radical (unpaired) electrons. The van der Waals surface area contributed by atoms with Crippen LogP contribution in [0.5, 0.6) is 0 Å². The molecule has 0 aromatic heterocycles. The van der Waals surface area contributed by atoms with Crippen LogP contribution >= 0.6 is 0 Å². The SMILES string of the molecule is C(CCCCC[N+]12CCC(CC1)CC2)CCCC[N+]12CCC(CC1)CC2.[Br-].[Br-]. The van der Waals surface area contributed by atoms with E-state index in [4.69, 9.17) is 0 Å². The Morgan fingerprint density at radius 1 is 0.393 bits per heavy atom. The average Bonchev–Trinajstić information content (AvgIpc) is 2.72. The highest BCUT2D eigenvalue weighted by atomic mass is 79.9. The van der Waals surface area contributed by atoms with Crippen LogP contribution in [-0.4, -0.2) is 61.3 Å². The minimum atomic E-state index is 0. The van der Waals surface area contributed by atoms with Gasteiger partial charge in [-0.15, -0.1) is 0 Å². The maximum absolute atomic E-state index is 1.54. The molecule has 0 aromatic rings. The lowest BCUT2D eigenvalue weighted by molar-refractivity contribution is -0.942. The lowest BCUT2D eigenvalue weighted by Gasteiger charge is -2.49. The Labute approximate surface area is 196 Å². The first-order valence-corrected chi connectivity index (χ1v) is 12.5. The van der Waals surface area contributed by atoms with Crippen molar-refractivity contribution in [1.29, 1.82) is 0 Å². The van der Waals surface area contributed by atoms with Gasteiger partial charge in [-0.25, -0.2) is 0 Å². The van der Waals surface area contributed by atoms with Crippen molar-refractivity contribution in [3.05, 3.63) is 0 Å². The van der Waals surface area contributed by atoms with E-state index >= 15 is 0 Å². The van der Waals surface area contributed by atoms with Crippen molar-refractivity contribution in [2.45, 2.75) is 89.9 Å². The predicted molar refractivity (Wildman–Crippen MR) is 111 cm³/mol. The number of fused-ring (bicyclic) bond motifs is 6. The molecule has 4 bridgehead atoms. The second-order valence-corrected chi connectivity index (χ2v) is 10.8. The molecule has 0 unspecified atom stereocenters. The molecular weight excluding hydrogens is 476 g/mol. The molecule has 6 aliphatic heterocycles. The molecule has 28 heavy (non-hydrogen) atoms. The van der Waals surface area contributed by atoms with Crippen LogP contribution in [0.25, 0.3) is 0 Å². The highest BCUT2D eigenvalue weighted by Gasteiger charge is 2.39. The smallest absolute Gasteiger partial charge is 0.0789 e. The molecule has 6 fully saturated rings. The van der Waals surface area contributed by atoms with E-state index in [-0.39, 0.29) is 34.0 Å². The number of nitrogens with zero attached hydrogens (tertiary/aromatic N) is 2. The van der Waals surface area contributed by atoms with E-state index in [2.05, 4.69) is 0 Å². The van der Waals surface area contributed by atoms with Crippen molar-refractivity contribution >= 4 is 0 Å². The summed E-state index contributed by atoms with van der Waals surface area (Å²) >= 11 is 0. The van der Waals surface area contributed by atoms with Crippen LogP contribution < -0.4 is 34.0 Å². The van der Waals surface area contributed by atoms with Gasteiger partial charge in [0.25, 0.3) is 0 Å². The quantitative estimate of drug-likeness (QED) is 0.251. The molecule has 0 amide bonds. The number of quaternary nitrogens is 2. The van der Waals surface area contributed by atoms with Crippen LogP contribution in [0, 0.1) is 11.8 Å². The Hall–Kier alpha value is 0.880. The molecule has 6 saturated heterocycles. The molecular formula is C24H46Br2N2. The van der Waals surface area contributed by atoms with Crippen molar-refractivity contribution in [3.8, 4) is 0 Å². The topological polar surface area (TPSA) is 0 Å². The molecule has 6 rings (SSSR count). The van der Waals surface area contributed by atoms with E-state index < -0.39 is 0 Å². The summed E-state index contributed by atoms with van der Waals surface area (Å²) in [6, 6.07) is 0. The van der Waals surface area contributed by atoms with Gasteiger partial charge in [-0.05, 0) is 76.0 Å². The number of hydrogen-bond acceptors (Lipinski definition) is 0. The molecule has 0 saturated carbocycles. The lowest BCUT2D eigenvalue weighted by atomic mass is 9.85. The summed E-state index contributed by atoms with van der Waals surface area (Å²) in [5.41, 5.74) is 0. The number of hydrogen-bond donors (Lipinski definition) is 0. The Balaban J connectivity index is 0.00000140. The lowest BCUT2D eigenvalue weighted by Crippen LogP contribution is -3.00. The first-order valence-electron chi connectivity index (χ1n) is 12.5. The molecule has 4 heteroatoms. The zero-order chi connectivity index (χ0) is 17.7. The number of unbranched alkanes of at least 4 members (excludes halogenated alkanes) is 7. The Morgan fingerprint density at radius 3 is 0.929 bits per heavy atom. The van der Waals surface area contributed by atoms with Crippen molar-refractivity contribution in [2.75, 3.05) is 52.4 Å². The highest BCUT2D eigenvalue weighted by molar-refractivity contribution is 4.72. The Morgan fingerprint density at radius 2 is 0.643 bits per heavy atom. The van der Waals surface area contributed by atoms with Crippen molar-refractivity contribution < 1.29 is 42.9 Å². The second-order valence-electron chi connectivity index (χ2n) is 10.8. The molecule has 6 heterocycles. The maximum Gasteiger partial charge on any atom is 0.0789 e. The van der Waals surface area contributed by atoms with E-state index in [1.807, 2.05) is 0 Å². The minimum Gasteiger partial charge on any atom is -1.00 e. The number of halogens is 2. The molecule has 0 aliphatic carbocycles. The van der Waals surface area contributed by atoms with Gasteiger partial charge in [0.15, 0.2) is 0 Å². The molecule has 0 atom stereocenters. The summed E-state index contributed by atoms with van der Waals surface area (Å²) in [6.07, 6.45) is 21.3. The molecule has 0 aromatic carbocycles. The van der Waals surface area contributed by atoms with E-state index in [0.29, 0.717) is 0 Å². The van der Waals surface area contributed by atoms with Gasteiger partial charge in [0.1, 0.15) is 0 Å². The summed E-state index contributed by atoms with van der Waals surface area (Å²) < 4.78 is 3.02. The van der Waals surface area contributed by atoms with Crippen LogP contribution in [0.1, 0.15) is 89.9 Å². The van der Waals surface area contributed by atoms with Crippen LogP contribution in [0.3, 0.4) is 0 Å². The normalized spacial score (nSPS) is 36.0. The standard InChI is InChI=1S/C24H46N2.2BrH/c1(3-5-7-15-25-17-9-23(10-18-25)11-19-25)2-4-6-8-16-26-20-12-24(13-21-26)14-22-26;;/h23-24H,1-22H2;2*1H/q+2;;/p-2. The molecule has 0 spiro atoms. The third-order valence-electron chi connectivity index (χ3n) is 9.09. The van der Waals surface area contributed by atoms with Crippen LogP contribution in [0.15, 0.2) is 0 Å². The molecule has 6 aliphatic rings. The number of rotatable bonds is 11. The van der Waals surface area contributed by atoms with Gasteiger partial charge >= 0.3 is 0 Å². The van der Waals surface area contributed by atoms with Crippen LogP contribution in [-0.2, 0) is 0 Å². The minimum absolute atomic E-state index is 0. The zero-order valence-electron chi connectivity index (χ0n) is 18.4. The van der Waals surface area contributed by atoms with E-state index in [1.165, 1.54) is 113 Å². The van der Waals surface area contributed by atoms with Crippen molar-refractivity contribution in [2.24, 2.45) is 11.8 Å². The molecule has 0 N–H and O–H groups in total. The number of piperidine rings is 6. The van der Waals surface area contributed by atoms with Gasteiger partial charge in [0, 0.05) is 0 Å². The summed E-state index contributed by atoms with van der Waals surface area (Å²) in [7, 11) is 0. The van der Waals surface area contributed by atoms with E-state index in [0.717, 1.165) is 11.8 Å². The fourth-order valence-corrected chi connectivity index (χ4v) is 6.90. The van der Waals surface area contributed by atoms with Crippen molar-refractivity contribution in [1.82, 2.24) is 0 Å². The van der Waals surface area contributed by atoms with Gasteiger partial charge in [-0.3, -0.25) is 0 Å². The van der Waals surface area contributed by atoms with Gasteiger partial charge in [-0.1, -0.05) is 25.7 Å². The van der Waals surface area contributed by atoms with Crippen LogP contribution in [0.4, 0.5) is 0 Å². The van der Waals surface area contributed by atoms with Gasteiger partial charge in [0.2, 0.25) is 0 Å². The zero-order valence-corrected chi connectivity index (χ0v) is 21.5.